The Bertz CT molecular complexity index is 445. The fourth-order valence-electron chi connectivity index (χ4n) is 1.47. The van der Waals surface area contributed by atoms with Crippen molar-refractivity contribution in [2.24, 2.45) is 0 Å². The molecule has 0 N–H and O–H groups in total. The van der Waals surface area contributed by atoms with Gasteiger partial charge in [-0.25, -0.2) is 5.06 Å². The molecule has 0 saturated heterocycles. The number of hydroxylamine groups is 2. The number of ether oxygens (including phenoxy) is 1. The Kier molecular flexibility index (Phi) is 7.62. The topological polar surface area (TPSA) is 38.8 Å². The minimum absolute atomic E-state index is 0.0985. The van der Waals surface area contributed by atoms with E-state index in [2.05, 4.69) is 0 Å². The molecule has 0 atom stereocenters. The number of hydrogen-bond acceptors (Lipinski definition) is 3. The zero-order valence-electron chi connectivity index (χ0n) is 11.3. The van der Waals surface area contributed by atoms with Crippen molar-refractivity contribution in [1.29, 1.82) is 0 Å². The molecule has 7 heteroatoms. The molecule has 0 bridgehead atoms. The van der Waals surface area contributed by atoms with Crippen molar-refractivity contribution < 1.29 is 14.4 Å². The van der Waals surface area contributed by atoms with Gasteiger partial charge in [-0.2, -0.15) is 0 Å². The summed E-state index contributed by atoms with van der Waals surface area (Å²) in [7, 11) is 3.01. The van der Waals surface area contributed by atoms with E-state index in [9.17, 15) is 4.79 Å². The largest absolute Gasteiger partial charge is 0.377 e. The maximum Gasteiger partial charge on any atom is 0.245 e. The van der Waals surface area contributed by atoms with E-state index in [1.165, 1.54) is 12.2 Å². The molecule has 1 amide bonds. The molecule has 1 aromatic rings. The van der Waals surface area contributed by atoms with Gasteiger partial charge in [0.15, 0.2) is 0 Å². The summed E-state index contributed by atoms with van der Waals surface area (Å²) >= 11 is 17.9. The van der Waals surface area contributed by atoms with Crippen LogP contribution in [0.25, 0.3) is 0 Å². The average molecular weight is 341 g/mol. The van der Waals surface area contributed by atoms with E-state index < -0.39 is 0 Å². The number of amides is 1. The molecule has 0 aliphatic heterocycles. The normalized spacial score (nSPS) is 10.7. The van der Waals surface area contributed by atoms with Crippen LogP contribution in [0.5, 0.6) is 0 Å². The zero-order chi connectivity index (χ0) is 15.1. The Morgan fingerprint density at radius 1 is 1.25 bits per heavy atom. The smallest absolute Gasteiger partial charge is 0.245 e. The lowest BCUT2D eigenvalue weighted by Gasteiger charge is -2.13. The van der Waals surface area contributed by atoms with Crippen molar-refractivity contribution in [3.8, 4) is 0 Å². The average Bonchev–Trinajstić information content (AvgIpc) is 2.39. The van der Waals surface area contributed by atoms with Gasteiger partial charge < -0.3 is 4.74 Å². The lowest BCUT2D eigenvalue weighted by molar-refractivity contribution is -0.168. The predicted octanol–water partition coefficient (Wildman–Crippen LogP) is 3.96. The monoisotopic (exact) mass is 339 g/mol. The molecular weight excluding hydrogens is 325 g/mol. The van der Waals surface area contributed by atoms with Gasteiger partial charge in [-0.15, -0.1) is 0 Å². The first-order valence-corrected chi connectivity index (χ1v) is 7.11. The summed E-state index contributed by atoms with van der Waals surface area (Å²) in [5, 5.41) is 2.61. The molecular formula is C13H16Cl3NO3. The van der Waals surface area contributed by atoms with Crippen LogP contribution in [-0.2, 0) is 21.0 Å². The summed E-state index contributed by atoms with van der Waals surface area (Å²) in [6, 6.07) is 3.23. The minimum Gasteiger partial charge on any atom is -0.377 e. The summed E-state index contributed by atoms with van der Waals surface area (Å²) in [4.78, 5) is 16.2. The van der Waals surface area contributed by atoms with Crippen molar-refractivity contribution in [2.45, 2.75) is 19.4 Å². The van der Waals surface area contributed by atoms with Crippen LogP contribution in [0.2, 0.25) is 15.1 Å². The van der Waals surface area contributed by atoms with Crippen LogP contribution in [-0.4, -0.2) is 31.7 Å². The fraction of sp³-hybridized carbons (Fsp3) is 0.462. The van der Waals surface area contributed by atoms with E-state index in [-0.39, 0.29) is 12.5 Å². The second kappa shape index (κ2) is 8.70. The van der Waals surface area contributed by atoms with Crippen molar-refractivity contribution in [3.05, 3.63) is 32.8 Å². The van der Waals surface area contributed by atoms with Gasteiger partial charge in [-0.3, -0.25) is 9.63 Å². The summed E-state index contributed by atoms with van der Waals surface area (Å²) in [5.41, 5.74) is 0.693. The van der Waals surface area contributed by atoms with Gasteiger partial charge in [0.1, 0.15) is 0 Å². The van der Waals surface area contributed by atoms with Crippen LogP contribution < -0.4 is 0 Å². The summed E-state index contributed by atoms with van der Waals surface area (Å²) in [5.74, 6) is -0.0985. The molecule has 0 aliphatic carbocycles. The van der Waals surface area contributed by atoms with Crippen LogP contribution in [0.15, 0.2) is 12.1 Å². The molecule has 1 rings (SSSR count). The molecule has 0 heterocycles. The molecule has 4 nitrogen and oxygen atoms in total. The quantitative estimate of drug-likeness (QED) is 0.557. The Hall–Kier alpha value is -0.520. The van der Waals surface area contributed by atoms with Crippen LogP contribution >= 0.6 is 34.8 Å². The highest BCUT2D eigenvalue weighted by Gasteiger charge is 2.09. The lowest BCUT2D eigenvalue weighted by atomic mass is 10.2. The Labute approximate surface area is 133 Å². The molecule has 1 aromatic carbocycles. The van der Waals surface area contributed by atoms with Crippen LogP contribution in [0.3, 0.4) is 0 Å². The molecule has 0 spiro atoms. The molecule has 0 saturated carbocycles. The first-order chi connectivity index (χ1) is 9.45. The van der Waals surface area contributed by atoms with E-state index >= 15 is 0 Å². The minimum atomic E-state index is -0.0985. The van der Waals surface area contributed by atoms with E-state index in [4.69, 9.17) is 44.4 Å². The van der Waals surface area contributed by atoms with Gasteiger partial charge in [0.05, 0.1) is 13.7 Å². The SMILES string of the molecule is CON(C)C(=O)CCCOCc1c(Cl)cc(Cl)cc1Cl. The molecule has 112 valence electrons. The molecule has 20 heavy (non-hydrogen) atoms. The zero-order valence-corrected chi connectivity index (χ0v) is 13.6. The standard InChI is InChI=1S/C13H16Cl3NO3/c1-17(19-2)13(18)4-3-5-20-8-10-11(15)6-9(14)7-12(10)16/h6-7H,3-5,8H2,1-2H3. The molecule has 0 unspecified atom stereocenters. The first kappa shape index (κ1) is 17.5. The highest BCUT2D eigenvalue weighted by molar-refractivity contribution is 6.39. The lowest BCUT2D eigenvalue weighted by Crippen LogP contribution is -2.25. The number of nitrogens with zero attached hydrogens (tertiary/aromatic N) is 1. The highest BCUT2D eigenvalue weighted by Crippen LogP contribution is 2.29. The third-order valence-electron chi connectivity index (χ3n) is 2.66. The summed E-state index contributed by atoms with van der Waals surface area (Å²) < 4.78 is 5.46. The predicted molar refractivity (Wildman–Crippen MR) is 80.1 cm³/mol. The van der Waals surface area contributed by atoms with Gasteiger partial charge in [0.25, 0.3) is 0 Å². The fourth-order valence-corrected chi connectivity index (χ4v) is 2.40. The maximum absolute atomic E-state index is 11.4. The highest BCUT2D eigenvalue weighted by atomic mass is 35.5. The van der Waals surface area contributed by atoms with Crippen LogP contribution in [0, 0.1) is 0 Å². The maximum atomic E-state index is 11.4. The number of benzene rings is 1. The Balaban J connectivity index is 2.34. The number of hydrogen-bond donors (Lipinski definition) is 0. The van der Waals surface area contributed by atoms with Crippen molar-refractivity contribution in [1.82, 2.24) is 5.06 Å². The number of carbonyl (C=O) groups is 1. The molecule has 0 radical (unpaired) electrons. The van der Waals surface area contributed by atoms with Gasteiger partial charge in [0.2, 0.25) is 5.91 Å². The Morgan fingerprint density at radius 2 is 1.85 bits per heavy atom. The van der Waals surface area contributed by atoms with Gasteiger partial charge in [-0.05, 0) is 18.6 Å². The second-order valence-electron chi connectivity index (χ2n) is 4.08. The van der Waals surface area contributed by atoms with E-state index in [1.54, 1.807) is 19.2 Å². The third kappa shape index (κ3) is 5.46. The molecule has 0 aromatic heterocycles. The second-order valence-corrected chi connectivity index (χ2v) is 5.33. The van der Waals surface area contributed by atoms with Gasteiger partial charge in [0, 0.05) is 40.7 Å². The van der Waals surface area contributed by atoms with E-state index in [1.807, 2.05) is 0 Å². The van der Waals surface area contributed by atoms with Crippen molar-refractivity contribution >= 4 is 40.7 Å². The third-order valence-corrected chi connectivity index (χ3v) is 3.55. The van der Waals surface area contributed by atoms with E-state index in [0.29, 0.717) is 40.1 Å². The molecule has 0 aliphatic rings. The van der Waals surface area contributed by atoms with Crippen LogP contribution in [0.4, 0.5) is 0 Å². The van der Waals surface area contributed by atoms with Crippen LogP contribution in [0.1, 0.15) is 18.4 Å². The first-order valence-electron chi connectivity index (χ1n) is 5.97. The van der Waals surface area contributed by atoms with E-state index in [0.717, 1.165) is 0 Å². The number of rotatable bonds is 7. The summed E-state index contributed by atoms with van der Waals surface area (Å²) in [6.07, 6.45) is 0.946. The number of halogens is 3. The Morgan fingerprint density at radius 3 is 2.40 bits per heavy atom. The van der Waals surface area contributed by atoms with Gasteiger partial charge in [-0.1, -0.05) is 34.8 Å². The van der Waals surface area contributed by atoms with Gasteiger partial charge >= 0.3 is 0 Å². The van der Waals surface area contributed by atoms with Crippen molar-refractivity contribution in [2.75, 3.05) is 20.8 Å². The number of carbonyl (C=O) groups excluding carboxylic acids is 1. The van der Waals surface area contributed by atoms with Crippen molar-refractivity contribution in [3.63, 3.8) is 0 Å². The summed E-state index contributed by atoms with van der Waals surface area (Å²) in [6.45, 7) is 0.710. The molecule has 0 fully saturated rings.